The molecule has 0 aromatic heterocycles. The van der Waals surface area contributed by atoms with Crippen LogP contribution >= 0.6 is 0 Å². The van der Waals surface area contributed by atoms with Crippen LogP contribution in [0.15, 0.2) is 24.3 Å². The summed E-state index contributed by atoms with van der Waals surface area (Å²) in [6.07, 6.45) is 6.20. The number of methoxy groups -OCH3 is 1. The van der Waals surface area contributed by atoms with Gasteiger partial charge in [0.25, 0.3) is 0 Å². The van der Waals surface area contributed by atoms with Crippen LogP contribution in [0.5, 0.6) is 5.75 Å². The zero-order valence-corrected chi connectivity index (χ0v) is 15.2. The summed E-state index contributed by atoms with van der Waals surface area (Å²) in [5.74, 6) is 0.854. The molecule has 2 aliphatic heterocycles. The average molecular weight is 343 g/mol. The molecule has 25 heavy (non-hydrogen) atoms. The van der Waals surface area contributed by atoms with Gasteiger partial charge in [0.05, 0.1) is 13.2 Å². The Hall–Kier alpha value is -1.75. The van der Waals surface area contributed by atoms with Crippen LogP contribution in [-0.4, -0.2) is 55.7 Å². The highest BCUT2D eigenvalue weighted by Crippen LogP contribution is 2.46. The van der Waals surface area contributed by atoms with Crippen LogP contribution in [0.25, 0.3) is 0 Å². The number of likely N-dealkylation sites (tertiary alicyclic amines) is 2. The number of carbonyl (C=O) groups is 1. The van der Waals surface area contributed by atoms with Crippen molar-refractivity contribution in [1.29, 1.82) is 0 Å². The van der Waals surface area contributed by atoms with E-state index in [1.165, 1.54) is 44.3 Å². The summed E-state index contributed by atoms with van der Waals surface area (Å²) in [6.45, 7) is 5.29. The molecule has 1 aliphatic carbocycles. The van der Waals surface area contributed by atoms with Crippen LogP contribution < -0.4 is 10.1 Å². The Morgan fingerprint density at radius 2 is 2.08 bits per heavy atom. The first-order chi connectivity index (χ1) is 12.2. The summed E-state index contributed by atoms with van der Waals surface area (Å²) in [5.41, 5.74) is 1.51. The van der Waals surface area contributed by atoms with E-state index in [1.54, 1.807) is 7.11 Å². The molecule has 5 nitrogen and oxygen atoms in total. The van der Waals surface area contributed by atoms with Crippen molar-refractivity contribution in [2.24, 2.45) is 5.41 Å². The number of hydrogen-bond donors (Lipinski definition) is 1. The largest absolute Gasteiger partial charge is 0.497 e. The first-order valence-corrected chi connectivity index (χ1v) is 9.60. The van der Waals surface area contributed by atoms with Gasteiger partial charge in [-0.15, -0.1) is 0 Å². The number of urea groups is 1. The molecule has 2 heterocycles. The van der Waals surface area contributed by atoms with Crippen molar-refractivity contribution < 1.29 is 9.53 Å². The van der Waals surface area contributed by atoms with Crippen molar-refractivity contribution in [3.05, 3.63) is 29.8 Å². The number of nitrogens with one attached hydrogen (secondary N) is 1. The van der Waals surface area contributed by atoms with Gasteiger partial charge in [0.2, 0.25) is 0 Å². The zero-order valence-electron chi connectivity index (χ0n) is 15.2. The molecule has 0 bridgehead atoms. The Bertz CT molecular complexity index is 623. The van der Waals surface area contributed by atoms with Gasteiger partial charge in [0.1, 0.15) is 5.75 Å². The maximum Gasteiger partial charge on any atom is 0.317 e. The first-order valence-electron chi connectivity index (χ1n) is 9.60. The standard InChI is InChI=1S/C20H29N3O2/c1-25-17-6-4-5-16(13-17)18-7-12-23(18)19(24)21-14-20(8-9-20)15-22-10-2-3-11-22/h4-6,13,18H,2-3,7-12,14-15H2,1H3,(H,21,24)/t18-/m0/s1. The van der Waals surface area contributed by atoms with Crippen LogP contribution in [0, 0.1) is 5.41 Å². The number of carbonyl (C=O) groups excluding carboxylic acids is 1. The van der Waals surface area contributed by atoms with Crippen LogP contribution in [0.2, 0.25) is 0 Å². The van der Waals surface area contributed by atoms with Crippen LogP contribution in [0.1, 0.15) is 43.7 Å². The fourth-order valence-corrected chi connectivity index (χ4v) is 4.17. The maximum atomic E-state index is 12.6. The Balaban J connectivity index is 1.30. The molecule has 1 atom stereocenters. The highest BCUT2D eigenvalue weighted by molar-refractivity contribution is 5.75. The third kappa shape index (κ3) is 3.61. The molecule has 1 N–H and O–H groups in total. The summed E-state index contributed by atoms with van der Waals surface area (Å²) >= 11 is 0. The normalized spacial score (nSPS) is 24.7. The molecular weight excluding hydrogens is 314 g/mol. The second-order valence-electron chi connectivity index (χ2n) is 7.92. The molecule has 2 amide bonds. The van der Waals surface area contributed by atoms with E-state index >= 15 is 0 Å². The van der Waals surface area contributed by atoms with Crippen molar-refractivity contribution in [2.75, 3.05) is 39.8 Å². The van der Waals surface area contributed by atoms with E-state index in [-0.39, 0.29) is 12.1 Å². The van der Waals surface area contributed by atoms with E-state index in [4.69, 9.17) is 4.74 Å². The Labute approximate surface area is 150 Å². The van der Waals surface area contributed by atoms with Gasteiger partial charge in [0.15, 0.2) is 0 Å². The smallest absolute Gasteiger partial charge is 0.317 e. The third-order valence-corrected chi connectivity index (χ3v) is 6.09. The summed E-state index contributed by atoms with van der Waals surface area (Å²) in [6, 6.07) is 8.34. The maximum absolute atomic E-state index is 12.6. The van der Waals surface area contributed by atoms with Crippen molar-refractivity contribution in [2.45, 2.75) is 38.1 Å². The quantitative estimate of drug-likeness (QED) is 0.863. The van der Waals surface area contributed by atoms with Crippen molar-refractivity contribution in [3.8, 4) is 5.75 Å². The summed E-state index contributed by atoms with van der Waals surface area (Å²) < 4.78 is 5.31. The molecule has 4 rings (SSSR count). The molecule has 136 valence electrons. The van der Waals surface area contributed by atoms with Gasteiger partial charge < -0.3 is 19.9 Å². The molecule has 0 radical (unpaired) electrons. The minimum Gasteiger partial charge on any atom is -0.497 e. The van der Waals surface area contributed by atoms with E-state index in [2.05, 4.69) is 16.3 Å². The molecule has 3 fully saturated rings. The monoisotopic (exact) mass is 343 g/mol. The highest BCUT2D eigenvalue weighted by atomic mass is 16.5. The van der Waals surface area contributed by atoms with Crippen LogP contribution in [0.4, 0.5) is 4.79 Å². The van der Waals surface area contributed by atoms with Gasteiger partial charge in [-0.2, -0.15) is 0 Å². The minimum atomic E-state index is 0.0896. The number of hydrogen-bond acceptors (Lipinski definition) is 3. The van der Waals surface area contributed by atoms with E-state index < -0.39 is 0 Å². The van der Waals surface area contributed by atoms with Gasteiger partial charge in [-0.1, -0.05) is 12.1 Å². The molecule has 0 unspecified atom stereocenters. The van der Waals surface area contributed by atoms with Crippen LogP contribution in [0.3, 0.4) is 0 Å². The van der Waals surface area contributed by atoms with Gasteiger partial charge in [-0.3, -0.25) is 0 Å². The van der Waals surface area contributed by atoms with Crippen molar-refractivity contribution in [1.82, 2.24) is 15.1 Å². The molecule has 1 saturated carbocycles. The topological polar surface area (TPSA) is 44.8 Å². The predicted octanol–water partition coefficient (Wildman–Crippen LogP) is 3.03. The molecule has 3 aliphatic rings. The molecule has 1 aromatic carbocycles. The Morgan fingerprint density at radius 3 is 2.72 bits per heavy atom. The SMILES string of the molecule is COc1cccc([C@@H]2CCN2C(=O)NCC2(CN3CCCC3)CC2)c1. The minimum absolute atomic E-state index is 0.0896. The fraction of sp³-hybridized carbons (Fsp3) is 0.650. The zero-order chi connectivity index (χ0) is 17.3. The lowest BCUT2D eigenvalue weighted by Gasteiger charge is -2.41. The molecule has 1 aromatic rings. The van der Waals surface area contributed by atoms with E-state index in [1.807, 2.05) is 23.1 Å². The first kappa shape index (κ1) is 16.7. The second-order valence-corrected chi connectivity index (χ2v) is 7.92. The molecular formula is C20H29N3O2. The lowest BCUT2D eigenvalue weighted by atomic mass is 9.95. The number of benzene rings is 1. The second kappa shape index (κ2) is 6.87. The fourth-order valence-electron chi connectivity index (χ4n) is 4.17. The van der Waals surface area contributed by atoms with Gasteiger partial charge in [0, 0.05) is 25.0 Å². The van der Waals surface area contributed by atoms with E-state index in [9.17, 15) is 4.79 Å². The number of ether oxygens (including phenoxy) is 1. The highest BCUT2D eigenvalue weighted by Gasteiger charge is 2.45. The molecule has 0 spiro atoms. The number of amides is 2. The van der Waals surface area contributed by atoms with E-state index in [0.29, 0.717) is 5.41 Å². The van der Waals surface area contributed by atoms with Gasteiger partial charge in [-0.05, 0) is 62.9 Å². The van der Waals surface area contributed by atoms with Crippen molar-refractivity contribution in [3.63, 3.8) is 0 Å². The number of nitrogens with zero attached hydrogens (tertiary/aromatic N) is 2. The third-order valence-electron chi connectivity index (χ3n) is 6.09. The van der Waals surface area contributed by atoms with E-state index in [0.717, 1.165) is 31.8 Å². The molecule has 2 saturated heterocycles. The Kier molecular flexibility index (Phi) is 4.59. The Morgan fingerprint density at radius 1 is 1.28 bits per heavy atom. The summed E-state index contributed by atoms with van der Waals surface area (Å²) in [5, 5.41) is 3.22. The predicted molar refractivity (Wildman–Crippen MR) is 97.8 cm³/mol. The number of rotatable bonds is 6. The summed E-state index contributed by atoms with van der Waals surface area (Å²) in [7, 11) is 1.68. The van der Waals surface area contributed by atoms with Gasteiger partial charge in [-0.25, -0.2) is 4.79 Å². The lowest BCUT2D eigenvalue weighted by molar-refractivity contribution is 0.113. The summed E-state index contributed by atoms with van der Waals surface area (Å²) in [4.78, 5) is 17.2. The lowest BCUT2D eigenvalue weighted by Crippen LogP contribution is -2.51. The molecule has 5 heteroatoms. The van der Waals surface area contributed by atoms with Crippen molar-refractivity contribution >= 4 is 6.03 Å². The van der Waals surface area contributed by atoms with Gasteiger partial charge >= 0.3 is 6.03 Å². The van der Waals surface area contributed by atoms with Crippen LogP contribution in [-0.2, 0) is 0 Å². The average Bonchev–Trinajstić information content (AvgIpc) is 3.16.